The molecular formula is C14H20BrN3O. The van der Waals surface area contributed by atoms with Crippen LogP contribution < -0.4 is 16.0 Å². The number of nitrogens with two attached hydrogens (primary N) is 1. The van der Waals surface area contributed by atoms with E-state index < -0.39 is 0 Å². The van der Waals surface area contributed by atoms with E-state index in [2.05, 4.69) is 26.1 Å². The summed E-state index contributed by atoms with van der Waals surface area (Å²) < 4.78 is 0.939. The SMILES string of the molecule is CNCC1CCCN(c2ccc(C(N)=O)cc2Br)C1. The first kappa shape index (κ1) is 14.3. The van der Waals surface area contributed by atoms with Crippen LogP contribution in [0, 0.1) is 5.92 Å². The van der Waals surface area contributed by atoms with Gasteiger partial charge in [0.1, 0.15) is 0 Å². The van der Waals surface area contributed by atoms with Gasteiger partial charge in [-0.05, 0) is 66.5 Å². The van der Waals surface area contributed by atoms with E-state index in [1.807, 2.05) is 13.1 Å². The molecule has 2 rings (SSSR count). The fourth-order valence-electron chi connectivity index (χ4n) is 2.66. The van der Waals surface area contributed by atoms with Gasteiger partial charge in [-0.25, -0.2) is 0 Å². The fraction of sp³-hybridized carbons (Fsp3) is 0.500. The highest BCUT2D eigenvalue weighted by Crippen LogP contribution is 2.30. The number of hydrogen-bond acceptors (Lipinski definition) is 3. The molecule has 1 aromatic rings. The van der Waals surface area contributed by atoms with Gasteiger partial charge in [0.15, 0.2) is 0 Å². The number of amides is 1. The number of anilines is 1. The molecule has 1 heterocycles. The highest BCUT2D eigenvalue weighted by atomic mass is 79.9. The van der Waals surface area contributed by atoms with Crippen LogP contribution in [0.2, 0.25) is 0 Å². The zero-order valence-electron chi connectivity index (χ0n) is 11.2. The summed E-state index contributed by atoms with van der Waals surface area (Å²) in [6.45, 7) is 3.16. The Morgan fingerprint density at radius 2 is 2.37 bits per heavy atom. The van der Waals surface area contributed by atoms with Crippen LogP contribution in [-0.4, -0.2) is 32.6 Å². The zero-order valence-corrected chi connectivity index (χ0v) is 12.7. The molecule has 1 unspecified atom stereocenters. The van der Waals surface area contributed by atoms with Crippen LogP contribution in [0.1, 0.15) is 23.2 Å². The maximum atomic E-state index is 11.2. The number of hydrogen-bond donors (Lipinski definition) is 2. The largest absolute Gasteiger partial charge is 0.370 e. The molecule has 0 aromatic heterocycles. The minimum absolute atomic E-state index is 0.390. The lowest BCUT2D eigenvalue weighted by atomic mass is 9.97. The molecule has 0 radical (unpaired) electrons. The summed E-state index contributed by atoms with van der Waals surface area (Å²) in [5.41, 5.74) is 6.98. The van der Waals surface area contributed by atoms with E-state index >= 15 is 0 Å². The highest BCUT2D eigenvalue weighted by molar-refractivity contribution is 9.10. The van der Waals surface area contributed by atoms with E-state index in [9.17, 15) is 4.79 Å². The van der Waals surface area contributed by atoms with Crippen molar-refractivity contribution in [3.8, 4) is 0 Å². The summed E-state index contributed by atoms with van der Waals surface area (Å²) in [4.78, 5) is 13.5. The van der Waals surface area contributed by atoms with Gasteiger partial charge in [0.25, 0.3) is 0 Å². The number of piperidine rings is 1. The Labute approximate surface area is 122 Å². The predicted octanol–water partition coefficient (Wildman–Crippen LogP) is 1.98. The van der Waals surface area contributed by atoms with E-state index in [0.29, 0.717) is 11.5 Å². The van der Waals surface area contributed by atoms with Crippen LogP contribution in [0.4, 0.5) is 5.69 Å². The van der Waals surface area contributed by atoms with Gasteiger partial charge in [0, 0.05) is 23.1 Å². The predicted molar refractivity (Wildman–Crippen MR) is 81.5 cm³/mol. The third-order valence-corrected chi connectivity index (χ3v) is 4.22. The Morgan fingerprint density at radius 1 is 1.58 bits per heavy atom. The topological polar surface area (TPSA) is 58.4 Å². The number of benzene rings is 1. The quantitative estimate of drug-likeness (QED) is 0.890. The molecule has 3 N–H and O–H groups in total. The molecule has 5 heteroatoms. The van der Waals surface area contributed by atoms with E-state index in [-0.39, 0.29) is 5.91 Å². The third-order valence-electron chi connectivity index (χ3n) is 3.58. The Kier molecular flexibility index (Phi) is 4.82. The van der Waals surface area contributed by atoms with Crippen LogP contribution >= 0.6 is 15.9 Å². The number of carbonyl (C=O) groups is 1. The maximum absolute atomic E-state index is 11.2. The Hall–Kier alpha value is -1.07. The second-order valence-corrected chi connectivity index (χ2v) is 5.90. The third kappa shape index (κ3) is 3.48. The van der Waals surface area contributed by atoms with Crippen molar-refractivity contribution in [2.24, 2.45) is 11.7 Å². The normalized spacial score (nSPS) is 19.5. The lowest BCUT2D eigenvalue weighted by Gasteiger charge is -2.35. The molecule has 0 aliphatic carbocycles. The minimum atomic E-state index is -0.390. The number of carbonyl (C=O) groups excluding carboxylic acids is 1. The first-order valence-corrected chi connectivity index (χ1v) is 7.40. The molecule has 1 fully saturated rings. The Bertz CT molecular complexity index is 462. The van der Waals surface area contributed by atoms with Crippen molar-refractivity contribution in [2.45, 2.75) is 12.8 Å². The molecule has 0 bridgehead atoms. The maximum Gasteiger partial charge on any atom is 0.248 e. The van der Waals surface area contributed by atoms with E-state index in [4.69, 9.17) is 5.73 Å². The average molecular weight is 326 g/mol. The van der Waals surface area contributed by atoms with Crippen molar-refractivity contribution in [3.63, 3.8) is 0 Å². The van der Waals surface area contributed by atoms with Crippen molar-refractivity contribution in [1.82, 2.24) is 5.32 Å². The van der Waals surface area contributed by atoms with Gasteiger partial charge in [0.05, 0.1) is 5.69 Å². The van der Waals surface area contributed by atoms with Crippen molar-refractivity contribution >= 4 is 27.5 Å². The molecule has 1 aliphatic heterocycles. The summed E-state index contributed by atoms with van der Waals surface area (Å²) in [6, 6.07) is 5.58. The summed E-state index contributed by atoms with van der Waals surface area (Å²) in [5, 5.41) is 3.25. The number of rotatable bonds is 4. The van der Waals surface area contributed by atoms with Crippen molar-refractivity contribution in [1.29, 1.82) is 0 Å². The van der Waals surface area contributed by atoms with Gasteiger partial charge < -0.3 is 16.0 Å². The Morgan fingerprint density at radius 3 is 3.00 bits per heavy atom. The summed E-state index contributed by atoms with van der Waals surface area (Å²) >= 11 is 3.54. The van der Waals surface area contributed by atoms with E-state index in [0.717, 1.165) is 29.8 Å². The summed E-state index contributed by atoms with van der Waals surface area (Å²) in [7, 11) is 2.00. The smallest absolute Gasteiger partial charge is 0.248 e. The molecule has 19 heavy (non-hydrogen) atoms. The number of nitrogens with zero attached hydrogens (tertiary/aromatic N) is 1. The van der Waals surface area contributed by atoms with Gasteiger partial charge in [-0.3, -0.25) is 4.79 Å². The van der Waals surface area contributed by atoms with Crippen LogP contribution in [0.25, 0.3) is 0 Å². The van der Waals surface area contributed by atoms with E-state index in [1.165, 1.54) is 12.8 Å². The lowest BCUT2D eigenvalue weighted by molar-refractivity contribution is 0.100. The summed E-state index contributed by atoms with van der Waals surface area (Å²) in [5.74, 6) is 0.292. The van der Waals surface area contributed by atoms with Crippen LogP contribution in [0.15, 0.2) is 22.7 Å². The van der Waals surface area contributed by atoms with Crippen LogP contribution in [-0.2, 0) is 0 Å². The van der Waals surface area contributed by atoms with E-state index in [1.54, 1.807) is 12.1 Å². The van der Waals surface area contributed by atoms with Gasteiger partial charge in [0.2, 0.25) is 5.91 Å². The van der Waals surface area contributed by atoms with Crippen LogP contribution in [0.3, 0.4) is 0 Å². The molecule has 4 nitrogen and oxygen atoms in total. The monoisotopic (exact) mass is 325 g/mol. The number of nitrogens with one attached hydrogen (secondary N) is 1. The van der Waals surface area contributed by atoms with Gasteiger partial charge in [-0.1, -0.05) is 0 Å². The molecule has 1 aromatic carbocycles. The second kappa shape index (κ2) is 6.39. The van der Waals surface area contributed by atoms with Crippen LogP contribution in [0.5, 0.6) is 0 Å². The fourth-order valence-corrected chi connectivity index (χ4v) is 3.29. The lowest BCUT2D eigenvalue weighted by Crippen LogP contribution is -2.39. The van der Waals surface area contributed by atoms with Crippen molar-refractivity contribution < 1.29 is 4.79 Å². The molecule has 1 atom stereocenters. The average Bonchev–Trinajstić information content (AvgIpc) is 2.39. The minimum Gasteiger partial charge on any atom is -0.370 e. The zero-order chi connectivity index (χ0) is 13.8. The molecule has 104 valence electrons. The highest BCUT2D eigenvalue weighted by Gasteiger charge is 2.21. The van der Waals surface area contributed by atoms with Gasteiger partial charge >= 0.3 is 0 Å². The molecule has 1 aliphatic rings. The second-order valence-electron chi connectivity index (χ2n) is 5.04. The molecule has 1 saturated heterocycles. The first-order valence-electron chi connectivity index (χ1n) is 6.60. The standard InChI is InChI=1S/C14H20BrN3O/c1-17-8-10-3-2-6-18(9-10)13-5-4-11(14(16)19)7-12(13)15/h4-5,7,10,17H,2-3,6,8-9H2,1H3,(H2,16,19). The summed E-state index contributed by atoms with van der Waals surface area (Å²) in [6.07, 6.45) is 2.48. The molecule has 0 saturated carbocycles. The van der Waals surface area contributed by atoms with Crippen molar-refractivity contribution in [3.05, 3.63) is 28.2 Å². The van der Waals surface area contributed by atoms with Crippen molar-refractivity contribution in [2.75, 3.05) is 31.6 Å². The van der Waals surface area contributed by atoms with Gasteiger partial charge in [-0.2, -0.15) is 0 Å². The number of primary amides is 1. The molecule has 1 amide bonds. The number of halogens is 1. The van der Waals surface area contributed by atoms with Gasteiger partial charge in [-0.15, -0.1) is 0 Å². The Balaban J connectivity index is 2.15. The molecular weight excluding hydrogens is 306 g/mol. The molecule has 0 spiro atoms. The first-order chi connectivity index (χ1) is 9.11.